The lowest BCUT2D eigenvalue weighted by molar-refractivity contribution is -0.265. The number of ketones is 3. The largest absolute Gasteiger partial charge is 0.460 e. The monoisotopic (exact) mass is 914 g/mol. The number of aliphatic hydroxyl groups excluding tert-OH is 2. The van der Waals surface area contributed by atoms with E-state index in [4.69, 9.17) is 23.7 Å². The van der Waals surface area contributed by atoms with E-state index < -0.39 is 83.9 Å². The summed E-state index contributed by atoms with van der Waals surface area (Å²) in [5.41, 5.74) is 1.27. The van der Waals surface area contributed by atoms with Crippen LogP contribution in [0, 0.1) is 35.5 Å². The number of hydrogen-bond donors (Lipinski definition) is 3. The summed E-state index contributed by atoms with van der Waals surface area (Å²) >= 11 is 0. The maximum absolute atomic E-state index is 14.4. The van der Waals surface area contributed by atoms with Crippen LogP contribution in [0.3, 0.4) is 0 Å². The van der Waals surface area contributed by atoms with Crippen molar-refractivity contribution in [3.8, 4) is 0 Å². The van der Waals surface area contributed by atoms with E-state index in [2.05, 4.69) is 0 Å². The molecule has 1 amide bonds. The van der Waals surface area contributed by atoms with Crippen molar-refractivity contribution in [2.24, 2.45) is 35.5 Å². The number of aliphatic hydroxyl groups is 3. The molecule has 2 bridgehead atoms. The smallest absolute Gasteiger partial charge is 0.329 e. The van der Waals surface area contributed by atoms with Gasteiger partial charge in [0.15, 0.2) is 5.78 Å². The molecule has 65 heavy (non-hydrogen) atoms. The number of amides is 1. The summed E-state index contributed by atoms with van der Waals surface area (Å²) in [6.45, 7) is 12.7. The average Bonchev–Trinajstić information content (AvgIpc) is 3.28. The van der Waals surface area contributed by atoms with E-state index in [1.165, 1.54) is 12.0 Å². The first-order chi connectivity index (χ1) is 30.7. The van der Waals surface area contributed by atoms with Crippen molar-refractivity contribution in [1.82, 2.24) is 4.90 Å². The Labute approximate surface area is 387 Å². The topological polar surface area (TPSA) is 195 Å². The molecule has 1 aliphatic carbocycles. The molecule has 366 valence electrons. The SMILES string of the molecule is COC1C(=O)C(C)C[C@H](C)/C=C/C=C/C=C(\C)[C@@H](OC)C[C@@H]2CC[C@@H](C)[C@@](O)(O2)C(=O)C(=O)N2CCCC[C@H]2C(=O)O[C@H]([C@H](C)C[C@@H]2CCC(O)[C@H](OC)C2)CC(=O)[C@H](C)/C=C(\C)[C@H]1O. The van der Waals surface area contributed by atoms with Gasteiger partial charge in [-0.25, -0.2) is 4.79 Å². The lowest BCUT2D eigenvalue weighted by Crippen LogP contribution is -2.61. The highest BCUT2D eigenvalue weighted by molar-refractivity contribution is 6.39. The van der Waals surface area contributed by atoms with Crippen molar-refractivity contribution in [2.75, 3.05) is 27.9 Å². The Morgan fingerprint density at radius 2 is 1.57 bits per heavy atom. The van der Waals surface area contributed by atoms with Gasteiger partial charge in [0.2, 0.25) is 5.79 Å². The molecule has 4 aliphatic rings. The Bertz CT molecular complexity index is 1760. The third kappa shape index (κ3) is 14.3. The number of esters is 1. The van der Waals surface area contributed by atoms with Crippen molar-refractivity contribution in [2.45, 2.75) is 180 Å². The van der Waals surface area contributed by atoms with Gasteiger partial charge in [-0.3, -0.25) is 19.2 Å². The average molecular weight is 914 g/mol. The van der Waals surface area contributed by atoms with Crippen LogP contribution >= 0.6 is 0 Å². The van der Waals surface area contributed by atoms with E-state index in [9.17, 15) is 39.3 Å². The minimum Gasteiger partial charge on any atom is -0.460 e. The van der Waals surface area contributed by atoms with Crippen LogP contribution < -0.4 is 0 Å². The number of rotatable bonds is 6. The van der Waals surface area contributed by atoms with Gasteiger partial charge in [-0.15, -0.1) is 0 Å². The number of fused-ring (bicyclic) bond motifs is 3. The van der Waals surface area contributed by atoms with Crippen LogP contribution in [-0.2, 0) is 47.7 Å². The summed E-state index contributed by atoms with van der Waals surface area (Å²) in [5.74, 6) is -7.96. The van der Waals surface area contributed by atoms with Crippen molar-refractivity contribution >= 4 is 29.2 Å². The molecule has 0 spiro atoms. The summed E-state index contributed by atoms with van der Waals surface area (Å²) in [6.07, 6.45) is 11.2. The van der Waals surface area contributed by atoms with Gasteiger partial charge in [-0.1, -0.05) is 71.1 Å². The van der Waals surface area contributed by atoms with Crippen LogP contribution in [0.4, 0.5) is 0 Å². The van der Waals surface area contributed by atoms with E-state index in [0.29, 0.717) is 63.4 Å². The second-order valence-corrected chi connectivity index (χ2v) is 19.6. The van der Waals surface area contributed by atoms with Crippen LogP contribution in [0.2, 0.25) is 0 Å². The van der Waals surface area contributed by atoms with Gasteiger partial charge in [-0.2, -0.15) is 0 Å². The van der Waals surface area contributed by atoms with Gasteiger partial charge in [0.05, 0.1) is 24.4 Å². The molecule has 0 aromatic carbocycles. The first-order valence-corrected chi connectivity index (χ1v) is 23.9. The zero-order valence-corrected chi connectivity index (χ0v) is 40.6. The lowest BCUT2D eigenvalue weighted by Gasteiger charge is -2.42. The molecule has 14 nitrogen and oxygen atoms in total. The van der Waals surface area contributed by atoms with Crippen molar-refractivity contribution in [3.63, 3.8) is 0 Å². The fourth-order valence-electron chi connectivity index (χ4n) is 10.1. The van der Waals surface area contributed by atoms with Crippen LogP contribution in [0.1, 0.15) is 126 Å². The second-order valence-electron chi connectivity index (χ2n) is 19.6. The summed E-state index contributed by atoms with van der Waals surface area (Å²) in [6, 6.07) is -1.14. The second kappa shape index (κ2) is 25.1. The number of ether oxygens (including phenoxy) is 5. The fourth-order valence-corrected chi connectivity index (χ4v) is 10.1. The van der Waals surface area contributed by atoms with Gasteiger partial charge in [0.25, 0.3) is 11.7 Å². The van der Waals surface area contributed by atoms with E-state index in [-0.39, 0.29) is 54.8 Å². The number of cyclic esters (lactones) is 1. The number of nitrogens with zero attached hydrogens (tertiary/aromatic N) is 1. The third-order valence-electron chi connectivity index (χ3n) is 14.5. The molecule has 14 heteroatoms. The van der Waals surface area contributed by atoms with Crippen LogP contribution in [-0.4, -0.2) is 132 Å². The third-order valence-corrected chi connectivity index (χ3v) is 14.5. The van der Waals surface area contributed by atoms with Gasteiger partial charge in [-0.05, 0) is 107 Å². The minimum absolute atomic E-state index is 0.0193. The molecule has 3 heterocycles. The molecule has 4 rings (SSSR count). The summed E-state index contributed by atoms with van der Waals surface area (Å²) in [5, 5.41) is 33.8. The molecule has 0 aromatic heterocycles. The number of carbonyl (C=O) groups is 5. The van der Waals surface area contributed by atoms with E-state index in [0.717, 1.165) is 12.0 Å². The highest BCUT2D eigenvalue weighted by atomic mass is 16.6. The summed E-state index contributed by atoms with van der Waals surface area (Å²) in [7, 11) is 4.52. The highest BCUT2D eigenvalue weighted by Gasteiger charge is 2.53. The summed E-state index contributed by atoms with van der Waals surface area (Å²) in [4.78, 5) is 71.8. The molecule has 0 aromatic rings. The Balaban J connectivity index is 1.70. The number of Topliss-reactive ketones (excluding diaryl/α,β-unsaturated/α-hetero) is 3. The lowest BCUT2D eigenvalue weighted by atomic mass is 9.78. The molecule has 3 aliphatic heterocycles. The highest BCUT2D eigenvalue weighted by Crippen LogP contribution is 2.38. The van der Waals surface area contributed by atoms with E-state index in [1.807, 2.05) is 58.1 Å². The maximum Gasteiger partial charge on any atom is 0.329 e. The first kappa shape index (κ1) is 54.2. The van der Waals surface area contributed by atoms with Crippen LogP contribution in [0.5, 0.6) is 0 Å². The van der Waals surface area contributed by atoms with Gasteiger partial charge in [0.1, 0.15) is 30.1 Å². The van der Waals surface area contributed by atoms with Crippen LogP contribution in [0.15, 0.2) is 47.6 Å². The van der Waals surface area contributed by atoms with Gasteiger partial charge < -0.3 is 43.9 Å². The molecule has 0 radical (unpaired) electrons. The quantitative estimate of drug-likeness (QED) is 0.156. The maximum atomic E-state index is 14.4. The number of piperidine rings is 1. The molecule has 15 atom stereocenters. The minimum atomic E-state index is -2.43. The summed E-state index contributed by atoms with van der Waals surface area (Å²) < 4.78 is 29.4. The Morgan fingerprint density at radius 1 is 0.846 bits per heavy atom. The van der Waals surface area contributed by atoms with Crippen molar-refractivity contribution in [3.05, 3.63) is 47.6 Å². The van der Waals surface area contributed by atoms with Gasteiger partial charge in [0, 0.05) is 58.5 Å². The fraction of sp³-hybridized carbons (Fsp3) is 0.745. The molecular weight excluding hydrogens is 835 g/mol. The van der Waals surface area contributed by atoms with Crippen LogP contribution in [0.25, 0.3) is 0 Å². The number of methoxy groups -OCH3 is 3. The van der Waals surface area contributed by atoms with Crippen molar-refractivity contribution < 1.29 is 63.0 Å². The number of hydrogen-bond acceptors (Lipinski definition) is 13. The molecular formula is C51H79NO13. The Kier molecular flexibility index (Phi) is 21.0. The molecule has 2 saturated heterocycles. The van der Waals surface area contributed by atoms with E-state index in [1.54, 1.807) is 41.1 Å². The molecule has 1 saturated carbocycles. The molecule has 3 N–H and O–H groups in total. The van der Waals surface area contributed by atoms with Crippen molar-refractivity contribution in [1.29, 1.82) is 0 Å². The zero-order chi connectivity index (χ0) is 48.2. The molecule has 3 fully saturated rings. The Morgan fingerprint density at radius 3 is 2.25 bits per heavy atom. The van der Waals surface area contributed by atoms with Gasteiger partial charge >= 0.3 is 5.97 Å². The predicted octanol–water partition coefficient (Wildman–Crippen LogP) is 6.18. The Hall–Kier alpha value is -3.37. The standard InChI is InChI=1S/C51H79NO13/c1-30-16-12-11-13-17-31(2)42(61-8)28-38-21-19-36(7)51(60,65-38)48(57)49(58)52-23-15-14-18-39(52)50(59)64-43(33(4)26-37-20-22-40(53)44(27-37)62-9)29-41(54)32(3)25-35(6)46(56)47(63-10)45(55)34(5)24-30/h11-13,16-17,25,30,32-34,36-40,42-44,46-47,53,56,60H,14-15,18-24,26-29H2,1-10H3/b13-11+,16-12+,31-17+,35-25+/t30-,32-,33-,34?,36-,37+,38+,39+,40?,42+,43+,44-,46-,47?,51-/m1/s1. The van der Waals surface area contributed by atoms with E-state index >= 15 is 0 Å². The normalized spacial score (nSPS) is 40.4. The molecule has 3 unspecified atom stereocenters. The zero-order valence-electron chi connectivity index (χ0n) is 40.6. The number of allylic oxidation sites excluding steroid dienone is 6. The predicted molar refractivity (Wildman–Crippen MR) is 245 cm³/mol. The first-order valence-electron chi connectivity index (χ1n) is 23.9. The number of carbonyl (C=O) groups excluding carboxylic acids is 5.